The Morgan fingerprint density at radius 2 is 0.284 bits per heavy atom. The van der Waals surface area contributed by atoms with Crippen LogP contribution in [0.5, 0.6) is 57.5 Å². The average Bonchev–Trinajstić information content (AvgIpc) is 0.791. The number of rotatable bonds is 85. The van der Waals surface area contributed by atoms with Gasteiger partial charge >= 0.3 is 23.0 Å². The van der Waals surface area contributed by atoms with Gasteiger partial charge in [0, 0.05) is 35.4 Å². The molecular weight excluding hydrogens is 1660 g/mol. The quantitative estimate of drug-likeness (QED) is 0.0267. The van der Waals surface area contributed by atoms with E-state index in [2.05, 4.69) is 201 Å². The van der Waals surface area contributed by atoms with Crippen molar-refractivity contribution >= 4 is 0 Å². The van der Waals surface area contributed by atoms with Crippen LogP contribution in [0.1, 0.15) is 428 Å². The molecule has 0 saturated carbocycles. The summed E-state index contributed by atoms with van der Waals surface area (Å²) in [5.74, 6) is 11.0. The predicted octanol–water partition coefficient (Wildman–Crippen LogP) is 38.7. The predicted molar refractivity (Wildman–Crippen MR) is 567 cm³/mol. The molecule has 0 unspecified atom stereocenters. The molecule has 2 heterocycles. The number of benzene rings is 6. The summed E-state index contributed by atoms with van der Waals surface area (Å²) < 4.78 is 79.9. The van der Waals surface area contributed by atoms with Gasteiger partial charge in [0.15, 0.2) is 46.0 Å². The smallest absolute Gasteiger partial charge is 0.361 e. The fourth-order valence-electron chi connectivity index (χ4n) is 17.5. The van der Waals surface area contributed by atoms with Crippen LogP contribution >= 0.6 is 0 Å². The summed E-state index contributed by atoms with van der Waals surface area (Å²) in [4.78, 5) is 0. The van der Waals surface area contributed by atoms with E-state index in [4.69, 9.17) is 56.2 Å². The Morgan fingerprint density at radius 1 is 0.134 bits per heavy atom. The minimum Gasteiger partial charge on any atom is -0.494 e. The summed E-state index contributed by atoms with van der Waals surface area (Å²) in [5, 5.41) is 0. The number of hydrogen-bond donors (Lipinski definition) is 0. The molecule has 6 aromatic carbocycles. The van der Waals surface area contributed by atoms with Gasteiger partial charge in [0.2, 0.25) is 0 Å². The van der Waals surface area contributed by atoms with Crippen molar-refractivity contribution in [2.45, 2.75) is 428 Å². The van der Waals surface area contributed by atoms with Gasteiger partial charge in [-0.25, -0.2) is 8.83 Å². The monoisotopic (exact) mass is 1840 g/mol. The van der Waals surface area contributed by atoms with E-state index in [0.717, 1.165) is 228 Å². The molecule has 0 N–H and O–H groups in total. The molecule has 12 nitrogen and oxygen atoms in total. The summed E-state index contributed by atoms with van der Waals surface area (Å²) in [5.41, 5.74) is 7.98. The van der Waals surface area contributed by atoms with Crippen molar-refractivity contribution in [3.63, 3.8) is 0 Å². The van der Waals surface area contributed by atoms with Gasteiger partial charge in [0.1, 0.15) is 11.5 Å². The molecule has 0 radical (unpaired) electrons. The Hall–Kier alpha value is -8.38. The first-order chi connectivity index (χ1) is 66.3. The van der Waals surface area contributed by atoms with Crippen LogP contribution in [-0.4, -0.2) is 66.1 Å². The molecule has 8 rings (SSSR count). The van der Waals surface area contributed by atoms with Crippen molar-refractivity contribution in [2.75, 3.05) is 66.1 Å². The first-order valence-electron chi connectivity index (χ1n) is 55.3. The summed E-state index contributed by atoms with van der Waals surface area (Å²) in [6.45, 7) is 24.8. The van der Waals surface area contributed by atoms with Crippen LogP contribution in [0.15, 0.2) is 154 Å². The SMILES string of the molecule is CCCCCCCCOc1ccc(-c2cc(-c3ccc(OCCCCCCCCCCCCOc4ccc(-c5cc(-c6ccc(OCCCCCCCC)c(OCCCCCCCC)c6)[o+]c(-c6ccc(OCCCCCCCC)c(OCCCCCCCC)c6)c5)cc4)cc3)cc(-c3ccc(OCCCCCCCC)c(OCCCCCCCC)c3)[o+]2)cc1OCCCCCCCC. The lowest BCUT2D eigenvalue weighted by molar-refractivity contribution is 0.258. The van der Waals surface area contributed by atoms with Crippen LogP contribution in [0.25, 0.3) is 67.5 Å². The zero-order chi connectivity index (χ0) is 94.2. The highest BCUT2D eigenvalue weighted by molar-refractivity contribution is 5.78. The molecule has 0 aliphatic carbocycles. The first kappa shape index (κ1) is 111. The van der Waals surface area contributed by atoms with Crippen molar-refractivity contribution < 1.29 is 56.2 Å². The standard InChI is InChI=1S/C122H184O12/c1-9-17-25-33-47-59-85-125-111-79-71-103(93-119(111)129-89-63-51-37-29-21-13-5)115-97-107(98-116(133-115)104-72-80-112(126-86-60-48-34-26-18-10-2)120(94-104)130-90-64-52-38-30-22-14-6)101-67-75-109(76-68-101)123-83-57-55-45-43-41-42-44-46-56-58-84-124-110-77-69-102(70-78-110)108-99-117(105-73-81-113(127-87-61-49-35-27-19-11-3)121(95-105)131-91-65-53-39-31-23-15-7)134-118(100-108)106-74-82-114(128-88-62-50-36-28-20-12-4)122(96-106)132-92-66-54-40-32-24-16-8/h67-82,93-100H,9-66,83-92H2,1-8H3/q+2. The third-order valence-corrected chi connectivity index (χ3v) is 26.0. The largest absolute Gasteiger partial charge is 0.494 e. The van der Waals surface area contributed by atoms with E-state index in [1.54, 1.807) is 0 Å². The van der Waals surface area contributed by atoms with Gasteiger partial charge < -0.3 is 47.4 Å². The van der Waals surface area contributed by atoms with Gasteiger partial charge in [0.05, 0.1) is 113 Å². The van der Waals surface area contributed by atoms with E-state index in [1.807, 2.05) is 0 Å². The molecule has 0 aliphatic rings. The highest BCUT2D eigenvalue weighted by Crippen LogP contribution is 2.44. The van der Waals surface area contributed by atoms with Crippen molar-refractivity contribution in [3.8, 4) is 125 Å². The minimum absolute atomic E-state index is 0.642. The lowest BCUT2D eigenvalue weighted by Gasteiger charge is -2.14. The molecule has 0 spiro atoms. The maximum absolute atomic E-state index is 7.07. The normalized spacial score (nSPS) is 11.4. The zero-order valence-electron chi connectivity index (χ0n) is 85.8. The molecule has 134 heavy (non-hydrogen) atoms. The second-order valence-corrected chi connectivity index (χ2v) is 38.0. The lowest BCUT2D eigenvalue weighted by Crippen LogP contribution is -2.03. The van der Waals surface area contributed by atoms with Crippen molar-refractivity contribution in [2.24, 2.45) is 0 Å². The van der Waals surface area contributed by atoms with Crippen molar-refractivity contribution in [1.82, 2.24) is 0 Å². The Morgan fingerprint density at radius 3 is 0.463 bits per heavy atom. The van der Waals surface area contributed by atoms with Crippen LogP contribution < -0.4 is 47.4 Å². The maximum Gasteiger partial charge on any atom is 0.361 e. The number of hydrogen-bond acceptors (Lipinski definition) is 10. The highest BCUT2D eigenvalue weighted by Gasteiger charge is 2.28. The summed E-state index contributed by atoms with van der Waals surface area (Å²) in [7, 11) is 0. The van der Waals surface area contributed by atoms with Gasteiger partial charge in [-0.2, -0.15) is 0 Å². The molecule has 2 aromatic heterocycles. The molecular formula is C122H184O12+2. The lowest BCUT2D eigenvalue weighted by atomic mass is 10.0. The van der Waals surface area contributed by atoms with Crippen molar-refractivity contribution in [1.29, 1.82) is 0 Å². The molecule has 0 atom stereocenters. The average molecular weight is 1840 g/mol. The molecule has 0 aliphatic heterocycles. The fraction of sp³-hybridized carbons (Fsp3) is 0.623. The van der Waals surface area contributed by atoms with Gasteiger partial charge in [-0.15, -0.1) is 0 Å². The third-order valence-electron chi connectivity index (χ3n) is 26.0. The maximum atomic E-state index is 7.07. The minimum atomic E-state index is 0.642. The molecule has 0 fully saturated rings. The Bertz CT molecular complexity index is 3770. The highest BCUT2D eigenvalue weighted by atomic mass is 16.5. The molecule has 12 heteroatoms. The summed E-state index contributed by atoms with van der Waals surface area (Å²) in [6, 6.07) is 51.3. The van der Waals surface area contributed by atoms with E-state index in [9.17, 15) is 0 Å². The molecule has 742 valence electrons. The number of unbranched alkanes of at least 4 members (excludes halogenated alkanes) is 49. The van der Waals surface area contributed by atoms with E-state index in [0.29, 0.717) is 66.1 Å². The van der Waals surface area contributed by atoms with E-state index >= 15 is 0 Å². The topological polar surface area (TPSA) is 115 Å². The molecule has 0 amide bonds. The summed E-state index contributed by atoms with van der Waals surface area (Å²) >= 11 is 0. The first-order valence-corrected chi connectivity index (χ1v) is 55.3. The van der Waals surface area contributed by atoms with Crippen LogP contribution in [0.4, 0.5) is 0 Å². The van der Waals surface area contributed by atoms with Gasteiger partial charge in [0.25, 0.3) is 0 Å². The fourth-order valence-corrected chi connectivity index (χ4v) is 17.5. The van der Waals surface area contributed by atoms with Crippen molar-refractivity contribution in [3.05, 3.63) is 146 Å². The van der Waals surface area contributed by atoms with Gasteiger partial charge in [-0.3, -0.25) is 0 Å². The van der Waals surface area contributed by atoms with E-state index in [-0.39, 0.29) is 0 Å². The van der Waals surface area contributed by atoms with Gasteiger partial charge in [-0.1, -0.05) is 388 Å². The molecule has 0 saturated heterocycles. The van der Waals surface area contributed by atoms with Crippen LogP contribution in [0.2, 0.25) is 0 Å². The third kappa shape index (κ3) is 46.2. The second kappa shape index (κ2) is 72.9. The van der Waals surface area contributed by atoms with Crippen LogP contribution in [0.3, 0.4) is 0 Å². The Balaban J connectivity index is 0.867. The van der Waals surface area contributed by atoms with E-state index in [1.165, 1.54) is 270 Å². The van der Waals surface area contributed by atoms with Crippen LogP contribution in [0, 0.1) is 0 Å². The number of ether oxygens (including phenoxy) is 10. The Kier molecular flexibility index (Phi) is 60.4. The zero-order valence-corrected chi connectivity index (χ0v) is 85.8. The molecule has 0 bridgehead atoms. The van der Waals surface area contributed by atoms with Gasteiger partial charge in [-0.05, 0) is 148 Å². The summed E-state index contributed by atoms with van der Waals surface area (Å²) in [6.07, 6.45) is 69.7. The Labute approximate surface area is 815 Å². The second-order valence-electron chi connectivity index (χ2n) is 38.0. The molecule has 8 aromatic rings. The van der Waals surface area contributed by atoms with Crippen LogP contribution in [-0.2, 0) is 0 Å². The van der Waals surface area contributed by atoms with E-state index < -0.39 is 0 Å².